The van der Waals surface area contributed by atoms with Gasteiger partial charge in [-0.2, -0.15) is 11.8 Å². The van der Waals surface area contributed by atoms with Crippen LogP contribution < -0.4 is 5.32 Å². The van der Waals surface area contributed by atoms with Crippen molar-refractivity contribution in [2.24, 2.45) is 0 Å². The first kappa shape index (κ1) is 13.9. The summed E-state index contributed by atoms with van der Waals surface area (Å²) in [6.07, 6.45) is 5.18. The van der Waals surface area contributed by atoms with E-state index in [2.05, 4.69) is 12.2 Å². The van der Waals surface area contributed by atoms with Gasteiger partial charge in [0.15, 0.2) is 0 Å². The molecule has 2 heterocycles. The van der Waals surface area contributed by atoms with Crippen molar-refractivity contribution in [2.75, 3.05) is 18.1 Å². The van der Waals surface area contributed by atoms with Crippen LogP contribution in [0.3, 0.4) is 0 Å². The van der Waals surface area contributed by atoms with Crippen molar-refractivity contribution in [3.63, 3.8) is 0 Å². The molecule has 1 atom stereocenters. The lowest BCUT2D eigenvalue weighted by atomic mass is 10.2. The van der Waals surface area contributed by atoms with E-state index in [4.69, 9.17) is 9.72 Å². The predicted molar refractivity (Wildman–Crippen MR) is 82.0 cm³/mol. The Balaban J connectivity index is 1.70. The second-order valence-corrected chi connectivity index (χ2v) is 7.53. The Bertz CT molecular complexity index is 412. The van der Waals surface area contributed by atoms with Gasteiger partial charge in [0.05, 0.1) is 12.3 Å². The third kappa shape index (κ3) is 3.72. The van der Waals surface area contributed by atoms with E-state index in [-0.39, 0.29) is 6.10 Å². The van der Waals surface area contributed by atoms with E-state index < -0.39 is 0 Å². The second-order valence-electron chi connectivity index (χ2n) is 5.26. The van der Waals surface area contributed by atoms with E-state index in [1.807, 2.05) is 23.1 Å². The minimum absolute atomic E-state index is 0.231. The molecule has 1 aromatic rings. The van der Waals surface area contributed by atoms with Crippen LogP contribution in [0.15, 0.2) is 0 Å². The van der Waals surface area contributed by atoms with E-state index in [0.717, 1.165) is 37.1 Å². The van der Waals surface area contributed by atoms with Gasteiger partial charge in [0.25, 0.3) is 0 Å². The van der Waals surface area contributed by atoms with Gasteiger partial charge in [-0.3, -0.25) is 0 Å². The number of thiazole rings is 1. The van der Waals surface area contributed by atoms with Crippen LogP contribution in [0, 0.1) is 0 Å². The number of nitrogens with zero attached hydrogens (tertiary/aromatic N) is 1. The molecular weight excluding hydrogens is 276 g/mol. The van der Waals surface area contributed by atoms with Crippen LogP contribution in [0.2, 0.25) is 0 Å². The zero-order valence-corrected chi connectivity index (χ0v) is 13.1. The molecule has 106 valence electrons. The molecule has 3 nitrogen and oxygen atoms in total. The molecule has 5 heteroatoms. The molecule has 0 bridgehead atoms. The molecule has 1 saturated carbocycles. The molecule has 1 aliphatic carbocycles. The highest BCUT2D eigenvalue weighted by Gasteiger charge is 2.24. The summed E-state index contributed by atoms with van der Waals surface area (Å²) in [5.74, 6) is 2.19. The molecule has 2 fully saturated rings. The normalized spacial score (nSPS) is 23.7. The second kappa shape index (κ2) is 6.57. The fourth-order valence-corrected chi connectivity index (χ4v) is 4.33. The summed E-state index contributed by atoms with van der Waals surface area (Å²) < 4.78 is 5.86. The van der Waals surface area contributed by atoms with Crippen molar-refractivity contribution >= 4 is 23.1 Å². The molecule has 0 radical (unpaired) electrons. The molecule has 0 amide bonds. The van der Waals surface area contributed by atoms with Gasteiger partial charge in [-0.05, 0) is 19.3 Å². The zero-order chi connectivity index (χ0) is 13.1. The van der Waals surface area contributed by atoms with E-state index >= 15 is 0 Å². The fraction of sp³-hybridized carbons (Fsp3) is 0.786. The van der Waals surface area contributed by atoms with E-state index in [1.165, 1.54) is 34.8 Å². The van der Waals surface area contributed by atoms with Crippen molar-refractivity contribution in [3.05, 3.63) is 15.6 Å². The van der Waals surface area contributed by atoms with E-state index in [9.17, 15) is 0 Å². The summed E-state index contributed by atoms with van der Waals surface area (Å²) in [6, 6.07) is 0.765. The maximum Gasteiger partial charge on any atom is 0.123 e. The molecular formula is C14H22N2OS2. The number of aromatic nitrogens is 1. The lowest BCUT2D eigenvalue weighted by Crippen LogP contribution is -2.15. The van der Waals surface area contributed by atoms with Gasteiger partial charge < -0.3 is 10.1 Å². The molecule has 19 heavy (non-hydrogen) atoms. The van der Waals surface area contributed by atoms with Crippen LogP contribution in [-0.4, -0.2) is 29.1 Å². The van der Waals surface area contributed by atoms with Gasteiger partial charge in [0.2, 0.25) is 0 Å². The van der Waals surface area contributed by atoms with Crippen molar-refractivity contribution in [1.29, 1.82) is 0 Å². The number of nitrogens with one attached hydrogen (secondary N) is 1. The van der Waals surface area contributed by atoms with Gasteiger partial charge in [-0.25, -0.2) is 4.98 Å². The highest BCUT2D eigenvalue weighted by atomic mass is 32.2. The van der Waals surface area contributed by atoms with Gasteiger partial charge in [0, 0.05) is 29.0 Å². The number of thioether (sulfide) groups is 1. The Kier molecular flexibility index (Phi) is 4.79. The van der Waals surface area contributed by atoms with Gasteiger partial charge in [-0.15, -0.1) is 11.3 Å². The Labute approximate surface area is 123 Å². The average Bonchev–Trinajstić information content (AvgIpc) is 3.19. The summed E-state index contributed by atoms with van der Waals surface area (Å²) in [5, 5.41) is 4.81. The van der Waals surface area contributed by atoms with Crippen molar-refractivity contribution in [2.45, 2.75) is 51.3 Å². The third-order valence-corrected chi connectivity index (χ3v) is 5.69. The van der Waals surface area contributed by atoms with Crippen molar-refractivity contribution in [3.8, 4) is 0 Å². The van der Waals surface area contributed by atoms with Crippen LogP contribution in [0.25, 0.3) is 0 Å². The van der Waals surface area contributed by atoms with Crippen molar-refractivity contribution in [1.82, 2.24) is 10.3 Å². The van der Waals surface area contributed by atoms with E-state index in [0.29, 0.717) is 0 Å². The number of hydrogen-bond acceptors (Lipinski definition) is 5. The number of rotatable bonds is 6. The van der Waals surface area contributed by atoms with Crippen LogP contribution in [-0.2, 0) is 17.7 Å². The molecule has 1 unspecified atom stereocenters. The summed E-state index contributed by atoms with van der Waals surface area (Å²) >= 11 is 3.84. The molecule has 3 rings (SSSR count). The minimum Gasteiger partial charge on any atom is -0.369 e. The lowest BCUT2D eigenvalue weighted by Gasteiger charge is -2.19. The number of hydrogen-bond donors (Lipinski definition) is 1. The molecule has 0 aromatic carbocycles. The minimum atomic E-state index is 0.231. The quantitative estimate of drug-likeness (QED) is 0.875. The maximum atomic E-state index is 5.86. The van der Waals surface area contributed by atoms with Crippen molar-refractivity contribution < 1.29 is 4.74 Å². The van der Waals surface area contributed by atoms with Crippen LogP contribution in [0.4, 0.5) is 0 Å². The van der Waals surface area contributed by atoms with Crippen LogP contribution in [0.5, 0.6) is 0 Å². The summed E-state index contributed by atoms with van der Waals surface area (Å²) in [4.78, 5) is 6.30. The zero-order valence-electron chi connectivity index (χ0n) is 11.5. The molecule has 1 aliphatic heterocycles. The smallest absolute Gasteiger partial charge is 0.123 e. The standard InChI is InChI=1S/C14H22N2OS2/c1-2-3-11-13(8-15-10-4-5-10)19-14(16-11)12-9-18-7-6-17-12/h10,12,15H,2-9H2,1H3. The van der Waals surface area contributed by atoms with E-state index in [1.54, 1.807) is 0 Å². The first-order valence-electron chi connectivity index (χ1n) is 7.28. The summed E-state index contributed by atoms with van der Waals surface area (Å²) in [7, 11) is 0. The topological polar surface area (TPSA) is 34.1 Å². The third-order valence-electron chi connectivity index (χ3n) is 3.50. The first-order valence-corrected chi connectivity index (χ1v) is 9.25. The summed E-state index contributed by atoms with van der Waals surface area (Å²) in [5.41, 5.74) is 1.30. The Hall–Kier alpha value is -0.100. The highest BCUT2D eigenvalue weighted by Crippen LogP contribution is 2.32. The molecule has 1 aromatic heterocycles. The molecule has 1 saturated heterocycles. The number of aryl methyl sites for hydroxylation is 1. The van der Waals surface area contributed by atoms with Gasteiger partial charge in [0.1, 0.15) is 11.1 Å². The Morgan fingerprint density at radius 2 is 2.32 bits per heavy atom. The molecule has 0 spiro atoms. The van der Waals surface area contributed by atoms with Crippen LogP contribution in [0.1, 0.15) is 47.9 Å². The predicted octanol–water partition coefficient (Wildman–Crippen LogP) is 3.15. The molecule has 2 aliphatic rings. The monoisotopic (exact) mass is 298 g/mol. The maximum absolute atomic E-state index is 5.86. The average molecular weight is 298 g/mol. The first-order chi connectivity index (χ1) is 9.36. The van der Waals surface area contributed by atoms with Gasteiger partial charge in [-0.1, -0.05) is 13.3 Å². The molecule has 1 N–H and O–H groups in total. The van der Waals surface area contributed by atoms with Gasteiger partial charge >= 0.3 is 0 Å². The largest absolute Gasteiger partial charge is 0.369 e. The Morgan fingerprint density at radius 3 is 3.00 bits per heavy atom. The fourth-order valence-electron chi connectivity index (χ4n) is 2.27. The van der Waals surface area contributed by atoms with Crippen LogP contribution >= 0.6 is 23.1 Å². The lowest BCUT2D eigenvalue weighted by molar-refractivity contribution is 0.0754. The SMILES string of the molecule is CCCc1nc(C2CSCCO2)sc1CNC1CC1. The summed E-state index contributed by atoms with van der Waals surface area (Å²) in [6.45, 7) is 4.09. The highest BCUT2D eigenvalue weighted by molar-refractivity contribution is 7.99. The number of ether oxygens (including phenoxy) is 1. The Morgan fingerprint density at radius 1 is 1.42 bits per heavy atom.